The van der Waals surface area contributed by atoms with E-state index in [9.17, 15) is 0 Å². The second-order valence-electron chi connectivity index (χ2n) is 5.61. The molecule has 2 aromatic rings. The van der Waals surface area contributed by atoms with E-state index in [0.29, 0.717) is 0 Å². The van der Waals surface area contributed by atoms with E-state index in [1.165, 1.54) is 35.1 Å². The highest BCUT2D eigenvalue weighted by atomic mass is 14.8. The van der Waals surface area contributed by atoms with Crippen LogP contribution in [0, 0.1) is 6.92 Å². The summed E-state index contributed by atoms with van der Waals surface area (Å²) in [4.78, 5) is 0. The Labute approximate surface area is 115 Å². The lowest BCUT2D eigenvalue weighted by Crippen LogP contribution is -2.12. The van der Waals surface area contributed by atoms with Crippen molar-refractivity contribution in [3.63, 3.8) is 0 Å². The summed E-state index contributed by atoms with van der Waals surface area (Å²) >= 11 is 0. The maximum Gasteiger partial charge on any atom is 0.0208 e. The lowest BCUT2D eigenvalue weighted by atomic mass is 10.1. The van der Waals surface area contributed by atoms with Gasteiger partial charge in [0.2, 0.25) is 0 Å². The molecule has 1 N–H and O–H groups in total. The van der Waals surface area contributed by atoms with E-state index >= 15 is 0 Å². The van der Waals surface area contributed by atoms with Crippen LogP contribution in [0.1, 0.15) is 41.0 Å². The zero-order valence-corrected chi connectivity index (χ0v) is 11.5. The van der Waals surface area contributed by atoms with Gasteiger partial charge in [0.15, 0.2) is 0 Å². The van der Waals surface area contributed by atoms with Gasteiger partial charge in [0.05, 0.1) is 0 Å². The van der Waals surface area contributed by atoms with Crippen LogP contribution in [0.15, 0.2) is 48.5 Å². The van der Waals surface area contributed by atoms with E-state index in [-0.39, 0.29) is 0 Å². The molecule has 0 heterocycles. The van der Waals surface area contributed by atoms with E-state index in [0.717, 1.165) is 19.0 Å². The van der Waals surface area contributed by atoms with E-state index in [2.05, 4.69) is 60.8 Å². The Balaban J connectivity index is 1.55. The average Bonchev–Trinajstić information content (AvgIpc) is 3.23. The van der Waals surface area contributed by atoms with Crippen LogP contribution in [0.5, 0.6) is 0 Å². The van der Waals surface area contributed by atoms with Crippen LogP contribution in [-0.2, 0) is 13.1 Å². The average molecular weight is 251 g/mol. The predicted octanol–water partition coefficient (Wildman–Crippen LogP) is 4.16. The van der Waals surface area contributed by atoms with Crippen molar-refractivity contribution in [2.75, 3.05) is 0 Å². The van der Waals surface area contributed by atoms with Crippen molar-refractivity contribution in [2.24, 2.45) is 0 Å². The summed E-state index contributed by atoms with van der Waals surface area (Å²) in [6, 6.07) is 17.7. The Bertz CT molecular complexity index is 555. The molecule has 0 saturated heterocycles. The molecule has 0 unspecified atom stereocenters. The Morgan fingerprint density at radius 3 is 2.32 bits per heavy atom. The number of nitrogens with one attached hydrogen (secondary N) is 1. The number of hydrogen-bond acceptors (Lipinski definition) is 1. The summed E-state index contributed by atoms with van der Waals surface area (Å²) in [5.74, 6) is 0.844. The van der Waals surface area contributed by atoms with Crippen LogP contribution in [0.3, 0.4) is 0 Å². The lowest BCUT2D eigenvalue weighted by Gasteiger charge is -2.07. The molecule has 19 heavy (non-hydrogen) atoms. The van der Waals surface area contributed by atoms with E-state index < -0.39 is 0 Å². The van der Waals surface area contributed by atoms with Gasteiger partial charge in [-0.15, -0.1) is 0 Å². The van der Waals surface area contributed by atoms with Crippen molar-refractivity contribution < 1.29 is 0 Å². The first-order valence-corrected chi connectivity index (χ1v) is 7.16. The van der Waals surface area contributed by atoms with E-state index in [1.807, 2.05) is 0 Å². The monoisotopic (exact) mass is 251 g/mol. The van der Waals surface area contributed by atoms with Crippen LogP contribution in [-0.4, -0.2) is 0 Å². The van der Waals surface area contributed by atoms with Crippen molar-refractivity contribution in [3.05, 3.63) is 70.8 Å². The molecule has 3 rings (SSSR count). The van der Waals surface area contributed by atoms with Crippen molar-refractivity contribution in [2.45, 2.75) is 38.8 Å². The smallest absolute Gasteiger partial charge is 0.0208 e. The third-order valence-electron chi connectivity index (χ3n) is 3.74. The maximum atomic E-state index is 3.53. The molecule has 1 aliphatic rings. The van der Waals surface area contributed by atoms with Gasteiger partial charge in [0.25, 0.3) is 0 Å². The molecule has 0 spiro atoms. The van der Waals surface area contributed by atoms with Gasteiger partial charge in [-0.25, -0.2) is 0 Å². The SMILES string of the molecule is Cc1cccc(CNCc2cccc(C3CC3)c2)c1. The number of benzene rings is 2. The van der Waals surface area contributed by atoms with E-state index in [4.69, 9.17) is 0 Å². The molecular weight excluding hydrogens is 230 g/mol. The van der Waals surface area contributed by atoms with Crippen LogP contribution in [0.2, 0.25) is 0 Å². The van der Waals surface area contributed by atoms with Gasteiger partial charge in [-0.1, -0.05) is 54.1 Å². The maximum absolute atomic E-state index is 3.53. The molecule has 0 amide bonds. The quantitative estimate of drug-likeness (QED) is 0.841. The minimum absolute atomic E-state index is 0.844. The Morgan fingerprint density at radius 2 is 1.63 bits per heavy atom. The zero-order chi connectivity index (χ0) is 13.1. The van der Waals surface area contributed by atoms with Gasteiger partial charge in [-0.05, 0) is 42.4 Å². The third-order valence-corrected chi connectivity index (χ3v) is 3.74. The Hall–Kier alpha value is -1.60. The first-order valence-electron chi connectivity index (χ1n) is 7.16. The normalized spacial score (nSPS) is 14.6. The highest BCUT2D eigenvalue weighted by Crippen LogP contribution is 2.40. The van der Waals surface area contributed by atoms with Crippen LogP contribution < -0.4 is 5.32 Å². The van der Waals surface area contributed by atoms with Crippen molar-refractivity contribution in [1.29, 1.82) is 0 Å². The first-order chi connectivity index (χ1) is 9.31. The molecule has 2 aromatic carbocycles. The van der Waals surface area contributed by atoms with Crippen LogP contribution in [0.25, 0.3) is 0 Å². The van der Waals surface area contributed by atoms with Crippen molar-refractivity contribution >= 4 is 0 Å². The van der Waals surface area contributed by atoms with Gasteiger partial charge in [-0.3, -0.25) is 0 Å². The van der Waals surface area contributed by atoms with Crippen molar-refractivity contribution in [1.82, 2.24) is 5.32 Å². The number of hydrogen-bond donors (Lipinski definition) is 1. The standard InChI is InChI=1S/C18H21N/c1-14-4-2-5-15(10-14)12-19-13-16-6-3-7-18(11-16)17-8-9-17/h2-7,10-11,17,19H,8-9,12-13H2,1H3. The van der Waals surface area contributed by atoms with Gasteiger partial charge in [0.1, 0.15) is 0 Å². The topological polar surface area (TPSA) is 12.0 Å². The van der Waals surface area contributed by atoms with Gasteiger partial charge in [0, 0.05) is 13.1 Å². The molecule has 98 valence electrons. The number of aryl methyl sites for hydroxylation is 1. The van der Waals surface area contributed by atoms with Crippen molar-refractivity contribution in [3.8, 4) is 0 Å². The summed E-state index contributed by atoms with van der Waals surface area (Å²) in [7, 11) is 0. The lowest BCUT2D eigenvalue weighted by molar-refractivity contribution is 0.692. The molecule has 1 aliphatic carbocycles. The fourth-order valence-electron chi connectivity index (χ4n) is 2.55. The summed E-state index contributed by atoms with van der Waals surface area (Å²) < 4.78 is 0. The highest BCUT2D eigenvalue weighted by molar-refractivity contribution is 5.29. The molecular formula is C18H21N. The van der Waals surface area contributed by atoms with Gasteiger partial charge < -0.3 is 5.32 Å². The minimum atomic E-state index is 0.844. The third kappa shape index (κ3) is 3.45. The van der Waals surface area contributed by atoms with Gasteiger partial charge >= 0.3 is 0 Å². The molecule has 1 heteroatoms. The molecule has 1 nitrogen and oxygen atoms in total. The summed E-state index contributed by atoms with van der Waals surface area (Å²) in [5, 5.41) is 3.53. The predicted molar refractivity (Wildman–Crippen MR) is 80.1 cm³/mol. The highest BCUT2D eigenvalue weighted by Gasteiger charge is 2.23. The summed E-state index contributed by atoms with van der Waals surface area (Å²) in [5.41, 5.74) is 5.61. The molecule has 1 fully saturated rings. The zero-order valence-electron chi connectivity index (χ0n) is 11.5. The molecule has 0 aliphatic heterocycles. The van der Waals surface area contributed by atoms with E-state index in [1.54, 1.807) is 0 Å². The largest absolute Gasteiger partial charge is 0.309 e. The molecule has 0 atom stereocenters. The van der Waals surface area contributed by atoms with Crippen LogP contribution in [0.4, 0.5) is 0 Å². The summed E-state index contributed by atoms with van der Waals surface area (Å²) in [6.07, 6.45) is 2.75. The fourth-order valence-corrected chi connectivity index (χ4v) is 2.55. The second kappa shape index (κ2) is 5.58. The molecule has 0 radical (unpaired) electrons. The summed E-state index contributed by atoms with van der Waals surface area (Å²) in [6.45, 7) is 4.03. The molecule has 1 saturated carbocycles. The minimum Gasteiger partial charge on any atom is -0.309 e. The fraction of sp³-hybridized carbons (Fsp3) is 0.333. The van der Waals surface area contributed by atoms with Gasteiger partial charge in [-0.2, -0.15) is 0 Å². The molecule has 0 bridgehead atoms. The first kappa shape index (κ1) is 12.4. The Kier molecular flexibility index (Phi) is 3.65. The second-order valence-corrected chi connectivity index (χ2v) is 5.61. The molecule has 0 aromatic heterocycles. The van der Waals surface area contributed by atoms with Crippen LogP contribution >= 0.6 is 0 Å². The number of rotatable bonds is 5. The Morgan fingerprint density at radius 1 is 0.947 bits per heavy atom.